The van der Waals surface area contributed by atoms with Gasteiger partial charge in [0.15, 0.2) is 24.8 Å². The van der Waals surface area contributed by atoms with Gasteiger partial charge in [0, 0.05) is 19.2 Å². The number of ketones is 2. The highest BCUT2D eigenvalue weighted by molar-refractivity contribution is 7.91. The predicted octanol–water partition coefficient (Wildman–Crippen LogP) is 7.15. The van der Waals surface area contributed by atoms with E-state index in [0.717, 1.165) is 48.4 Å². The molecular weight excluding hydrogens is 909 g/mol. The van der Waals surface area contributed by atoms with Crippen LogP contribution in [0, 0.1) is 18.8 Å². The SMILES string of the molecule is C=C(C)C(=O)COC(=O)c1ccc(S(=O)(=O)c2ccc(C(=O)OCC(=O)C(=C)C)c(C(=O)Nc3cccc(C(=O)OC45CC6CC(CC(OC(=O)c7cccc(C)c7)(C6)C4)C5)c3)c2)cc1C(=O)NC. The minimum Gasteiger partial charge on any atom is -0.455 e. The molecule has 0 spiro atoms. The second kappa shape index (κ2) is 19.6. The van der Waals surface area contributed by atoms with Gasteiger partial charge in [-0.2, -0.15) is 0 Å². The van der Waals surface area contributed by atoms with Crippen LogP contribution in [0.2, 0.25) is 0 Å². The number of esters is 4. The molecule has 8 rings (SSSR count). The number of Topliss-reactive ketones (excluding diaryl/α,β-unsaturated/α-hetero) is 2. The number of carbonyl (C=O) groups excluding carboxylic acids is 8. The summed E-state index contributed by atoms with van der Waals surface area (Å²) in [6.07, 6.45) is 3.83. The molecule has 4 aromatic rings. The Labute approximate surface area is 398 Å². The van der Waals surface area contributed by atoms with Gasteiger partial charge in [0.2, 0.25) is 9.84 Å². The number of nitrogens with one attached hydrogen (secondary N) is 2. The summed E-state index contributed by atoms with van der Waals surface area (Å²) >= 11 is 0. The maximum absolute atomic E-state index is 14.2. The van der Waals surface area contributed by atoms with E-state index < -0.39 is 108 Å². The van der Waals surface area contributed by atoms with Crippen molar-refractivity contribution in [3.8, 4) is 0 Å². The van der Waals surface area contributed by atoms with Gasteiger partial charge in [-0.25, -0.2) is 27.6 Å². The van der Waals surface area contributed by atoms with E-state index in [9.17, 15) is 46.8 Å². The number of ether oxygens (including phenoxy) is 4. The summed E-state index contributed by atoms with van der Waals surface area (Å²) in [5.41, 5.74) is -1.65. The van der Waals surface area contributed by atoms with E-state index in [1.54, 1.807) is 18.2 Å². The average molecular weight is 959 g/mol. The fraction of sp³-hybridized carbons (Fsp3) is 0.308. The topological polar surface area (TPSA) is 232 Å². The van der Waals surface area contributed by atoms with Gasteiger partial charge in [-0.1, -0.05) is 36.9 Å². The minimum absolute atomic E-state index is 0.0659. The van der Waals surface area contributed by atoms with Crippen molar-refractivity contribution in [1.82, 2.24) is 5.32 Å². The molecule has 4 fully saturated rings. The van der Waals surface area contributed by atoms with Crippen molar-refractivity contribution in [2.24, 2.45) is 11.8 Å². The van der Waals surface area contributed by atoms with Crippen LogP contribution in [0.5, 0.6) is 0 Å². The van der Waals surface area contributed by atoms with Crippen molar-refractivity contribution in [3.63, 3.8) is 0 Å². The predicted molar refractivity (Wildman–Crippen MR) is 248 cm³/mol. The smallest absolute Gasteiger partial charge is 0.339 e. The molecule has 17 heteroatoms. The third-order valence-corrected chi connectivity index (χ3v) is 14.3. The Morgan fingerprint density at radius 1 is 0.609 bits per heavy atom. The maximum atomic E-state index is 14.2. The lowest BCUT2D eigenvalue weighted by Gasteiger charge is -2.60. The van der Waals surface area contributed by atoms with Crippen LogP contribution in [0.1, 0.15) is 120 Å². The van der Waals surface area contributed by atoms with Gasteiger partial charge in [0.25, 0.3) is 11.8 Å². The van der Waals surface area contributed by atoms with E-state index in [-0.39, 0.29) is 39.8 Å². The molecule has 0 radical (unpaired) electrons. The first-order chi connectivity index (χ1) is 32.6. The number of rotatable bonds is 17. The van der Waals surface area contributed by atoms with Crippen LogP contribution in [0.3, 0.4) is 0 Å². The van der Waals surface area contributed by atoms with Crippen molar-refractivity contribution in [2.75, 3.05) is 25.6 Å². The lowest BCUT2D eigenvalue weighted by molar-refractivity contribution is -0.200. The Bertz CT molecular complexity index is 2980. The second-order valence-electron chi connectivity index (χ2n) is 18.1. The standard InChI is InChI=1S/C52H50N2O14S/c1-29(2)43(55)26-65-49(61)39-15-13-37(20-41(39)45(57)53-6)69(63,64)38-14-16-40(50(62)66-27-44(56)30(3)4)42(21-38)46(58)54-36-12-8-11-35(19-36)48(60)68-52-24-32-18-33(25-52)23-51(22-32,28-52)67-47(59)34-10-7-9-31(5)17-34/h7-17,19-21,32-33H,1,3,18,22-28H2,2,4-6H3,(H,53,57)(H,54,58). The van der Waals surface area contributed by atoms with E-state index in [4.69, 9.17) is 18.9 Å². The number of aryl methyl sites for hydroxylation is 1. The van der Waals surface area contributed by atoms with Crippen LogP contribution in [-0.2, 0) is 38.4 Å². The van der Waals surface area contributed by atoms with E-state index >= 15 is 0 Å². The van der Waals surface area contributed by atoms with Crippen molar-refractivity contribution in [1.29, 1.82) is 0 Å². The van der Waals surface area contributed by atoms with Gasteiger partial charge in [0.1, 0.15) is 11.2 Å². The molecule has 0 aromatic heterocycles. The quantitative estimate of drug-likeness (QED) is 0.0608. The van der Waals surface area contributed by atoms with Crippen molar-refractivity contribution in [2.45, 2.75) is 80.3 Å². The molecule has 4 aliphatic rings. The van der Waals surface area contributed by atoms with Gasteiger partial charge in [-0.15, -0.1) is 0 Å². The largest absolute Gasteiger partial charge is 0.455 e. The zero-order valence-corrected chi connectivity index (χ0v) is 39.2. The molecule has 358 valence electrons. The Morgan fingerprint density at radius 2 is 1.07 bits per heavy atom. The molecule has 4 aliphatic carbocycles. The number of carbonyl (C=O) groups is 8. The summed E-state index contributed by atoms with van der Waals surface area (Å²) in [6.45, 7) is 10.4. The fourth-order valence-electron chi connectivity index (χ4n) is 9.59. The molecule has 2 unspecified atom stereocenters. The first-order valence-corrected chi connectivity index (χ1v) is 23.5. The molecule has 0 saturated heterocycles. The summed E-state index contributed by atoms with van der Waals surface area (Å²) in [5.74, 6) is -6.03. The number of amides is 2. The summed E-state index contributed by atoms with van der Waals surface area (Å²) < 4.78 is 51.3. The lowest BCUT2D eigenvalue weighted by Crippen LogP contribution is -2.61. The molecule has 2 amide bonds. The highest BCUT2D eigenvalue weighted by Gasteiger charge is 2.61. The highest BCUT2D eigenvalue weighted by atomic mass is 32.2. The van der Waals surface area contributed by atoms with E-state index in [0.29, 0.717) is 37.7 Å². The molecule has 4 saturated carbocycles. The van der Waals surface area contributed by atoms with E-state index in [1.807, 2.05) is 13.0 Å². The summed E-state index contributed by atoms with van der Waals surface area (Å²) in [7, 11) is -3.39. The molecule has 16 nitrogen and oxygen atoms in total. The van der Waals surface area contributed by atoms with Gasteiger partial charge in [-0.05, 0) is 143 Å². The average Bonchev–Trinajstić information content (AvgIpc) is 3.30. The fourth-order valence-corrected chi connectivity index (χ4v) is 10.9. The highest BCUT2D eigenvalue weighted by Crippen LogP contribution is 2.60. The molecule has 2 atom stereocenters. The summed E-state index contributed by atoms with van der Waals surface area (Å²) in [6, 6.07) is 18.9. The Hall–Kier alpha value is -7.53. The molecule has 2 N–H and O–H groups in total. The van der Waals surface area contributed by atoms with Crippen LogP contribution in [0.15, 0.2) is 119 Å². The van der Waals surface area contributed by atoms with Gasteiger partial charge in [-0.3, -0.25) is 19.2 Å². The zero-order chi connectivity index (χ0) is 50.0. The number of anilines is 1. The first kappa shape index (κ1) is 49.4. The van der Waals surface area contributed by atoms with Crippen LogP contribution in [0.4, 0.5) is 5.69 Å². The van der Waals surface area contributed by atoms with E-state index in [1.165, 1.54) is 45.2 Å². The molecule has 4 aromatic carbocycles. The Kier molecular flexibility index (Phi) is 14.0. The minimum atomic E-state index is -4.64. The van der Waals surface area contributed by atoms with Crippen molar-refractivity contribution >= 4 is 62.8 Å². The van der Waals surface area contributed by atoms with Crippen LogP contribution in [-0.4, -0.2) is 87.1 Å². The third-order valence-electron chi connectivity index (χ3n) is 12.6. The first-order valence-electron chi connectivity index (χ1n) is 22.0. The lowest BCUT2D eigenvalue weighted by atomic mass is 9.52. The van der Waals surface area contributed by atoms with Gasteiger partial charge in [0.05, 0.1) is 43.2 Å². The van der Waals surface area contributed by atoms with Crippen LogP contribution < -0.4 is 10.6 Å². The zero-order valence-electron chi connectivity index (χ0n) is 38.4. The molecular formula is C52H50N2O14S. The van der Waals surface area contributed by atoms with E-state index in [2.05, 4.69) is 23.8 Å². The third kappa shape index (κ3) is 10.8. The molecule has 0 heterocycles. The molecule has 4 bridgehead atoms. The van der Waals surface area contributed by atoms with Crippen molar-refractivity contribution in [3.05, 3.63) is 148 Å². The monoisotopic (exact) mass is 958 g/mol. The number of hydrogen-bond donors (Lipinski definition) is 2. The number of benzene rings is 4. The van der Waals surface area contributed by atoms with Crippen LogP contribution in [0.25, 0.3) is 0 Å². The molecule has 69 heavy (non-hydrogen) atoms. The van der Waals surface area contributed by atoms with Gasteiger partial charge < -0.3 is 29.6 Å². The maximum Gasteiger partial charge on any atom is 0.339 e. The summed E-state index contributed by atoms with van der Waals surface area (Å²) in [4.78, 5) is 104. The second-order valence-corrected chi connectivity index (χ2v) is 20.0. The van der Waals surface area contributed by atoms with Gasteiger partial charge >= 0.3 is 23.9 Å². The summed E-state index contributed by atoms with van der Waals surface area (Å²) in [5, 5.41) is 4.94. The van der Waals surface area contributed by atoms with Crippen molar-refractivity contribution < 1.29 is 65.7 Å². The number of hydrogen-bond acceptors (Lipinski definition) is 14. The normalized spacial score (nSPS) is 19.9. The number of sulfone groups is 1. The Morgan fingerprint density at radius 3 is 1.54 bits per heavy atom. The molecule has 0 aliphatic heterocycles. The van der Waals surface area contributed by atoms with Crippen LogP contribution >= 0.6 is 0 Å². The Balaban J connectivity index is 1.14.